The van der Waals surface area contributed by atoms with E-state index in [4.69, 9.17) is 0 Å². The van der Waals surface area contributed by atoms with Crippen LogP contribution in [0.5, 0.6) is 5.75 Å². The molecule has 1 atom stereocenters. The second kappa shape index (κ2) is 8.86. The minimum absolute atomic E-state index is 0.0472. The number of carbonyl (C=O) groups is 3. The number of benzene rings is 2. The van der Waals surface area contributed by atoms with Gasteiger partial charge in [0, 0.05) is 5.56 Å². The van der Waals surface area contributed by atoms with Crippen LogP contribution in [-0.2, 0) is 20.7 Å². The molecule has 164 valence electrons. The predicted octanol–water partition coefficient (Wildman–Crippen LogP) is 3.83. The Bertz CT molecular complexity index is 1300. The Labute approximate surface area is 186 Å². The number of hydrogen-bond donors (Lipinski definition) is 3. The van der Waals surface area contributed by atoms with Gasteiger partial charge in [-0.3, -0.25) is 9.59 Å². The number of hydrogen-bond acceptors (Lipinski definition) is 5. The van der Waals surface area contributed by atoms with Gasteiger partial charge in [0.1, 0.15) is 11.3 Å². The summed E-state index contributed by atoms with van der Waals surface area (Å²) >= 11 is -2.37. The molecular formula is C24H20O7S. The summed E-state index contributed by atoms with van der Waals surface area (Å²) in [5.74, 6) is -2.60. The van der Waals surface area contributed by atoms with Crippen molar-refractivity contribution in [2.45, 2.75) is 25.7 Å². The third-order valence-corrected chi connectivity index (χ3v) is 5.84. The molecule has 0 amide bonds. The Balaban J connectivity index is 2.50. The lowest BCUT2D eigenvalue weighted by Gasteiger charge is -2.19. The first-order valence-corrected chi connectivity index (χ1v) is 10.6. The number of rotatable bonds is 5. The molecule has 8 heteroatoms. The molecule has 7 nitrogen and oxygen atoms in total. The molecule has 3 N–H and O–H groups in total. The molecule has 2 aromatic rings. The Hall–Kier alpha value is -3.62. The molecule has 0 aliphatic heterocycles. The second-order valence-corrected chi connectivity index (χ2v) is 8.28. The van der Waals surface area contributed by atoms with E-state index in [9.17, 15) is 33.4 Å². The summed E-state index contributed by atoms with van der Waals surface area (Å²) in [6.07, 6.45) is 2.94. The van der Waals surface area contributed by atoms with E-state index in [1.807, 2.05) is 0 Å². The molecule has 2 aromatic carbocycles. The van der Waals surface area contributed by atoms with Crippen LogP contribution in [0.25, 0.3) is 5.57 Å². The zero-order valence-electron chi connectivity index (χ0n) is 17.5. The average molecular weight is 452 g/mol. The number of phenols is 1. The lowest BCUT2D eigenvalue weighted by Crippen LogP contribution is -2.15. The fraction of sp³-hybridized carbons (Fsp3) is 0.125. The minimum Gasteiger partial charge on any atom is -0.507 e. The second-order valence-electron chi connectivity index (χ2n) is 7.34. The number of aryl methyl sites for hydroxylation is 1. The molecular weight excluding hydrogens is 432 g/mol. The van der Waals surface area contributed by atoms with Crippen LogP contribution < -0.4 is 0 Å². The highest BCUT2D eigenvalue weighted by atomic mass is 32.2. The third-order valence-electron chi connectivity index (χ3n) is 5.11. The molecule has 0 radical (unpaired) electrons. The summed E-state index contributed by atoms with van der Waals surface area (Å²) in [5, 5.41) is 19.7. The molecule has 0 aromatic heterocycles. The van der Waals surface area contributed by atoms with Crippen LogP contribution in [0.3, 0.4) is 0 Å². The van der Waals surface area contributed by atoms with Gasteiger partial charge >= 0.3 is 5.97 Å². The maximum absolute atomic E-state index is 12.4. The molecule has 1 aliphatic rings. The Morgan fingerprint density at radius 3 is 2.25 bits per heavy atom. The first kappa shape index (κ1) is 23.1. The fourth-order valence-corrected chi connectivity index (χ4v) is 4.12. The van der Waals surface area contributed by atoms with Gasteiger partial charge in [0.15, 0.2) is 22.6 Å². The van der Waals surface area contributed by atoms with Gasteiger partial charge in [-0.1, -0.05) is 18.2 Å². The smallest absolute Gasteiger partial charge is 0.339 e. The lowest BCUT2D eigenvalue weighted by atomic mass is 9.85. The van der Waals surface area contributed by atoms with Crippen LogP contribution in [0.15, 0.2) is 70.2 Å². The number of carboxylic acid groups (broad SMARTS) is 1. The van der Waals surface area contributed by atoms with Crippen molar-refractivity contribution in [2.75, 3.05) is 0 Å². The first-order chi connectivity index (χ1) is 15.0. The molecule has 0 saturated heterocycles. The fourth-order valence-electron chi connectivity index (χ4n) is 3.57. The van der Waals surface area contributed by atoms with Crippen molar-refractivity contribution in [1.82, 2.24) is 0 Å². The monoisotopic (exact) mass is 452 g/mol. The average Bonchev–Trinajstić information content (AvgIpc) is 2.72. The van der Waals surface area contributed by atoms with Gasteiger partial charge in [-0.15, -0.1) is 0 Å². The topological polar surface area (TPSA) is 129 Å². The van der Waals surface area contributed by atoms with E-state index in [0.29, 0.717) is 27.8 Å². The van der Waals surface area contributed by atoms with Gasteiger partial charge in [-0.25, -0.2) is 9.00 Å². The number of Topliss-reactive ketones (excluding diaryl/α,β-unsaturated/α-hetero) is 2. The number of aromatic carboxylic acids is 1. The van der Waals surface area contributed by atoms with Gasteiger partial charge < -0.3 is 14.8 Å². The molecule has 0 fully saturated rings. The van der Waals surface area contributed by atoms with E-state index >= 15 is 0 Å². The van der Waals surface area contributed by atoms with Gasteiger partial charge in [0.2, 0.25) is 0 Å². The summed E-state index contributed by atoms with van der Waals surface area (Å²) in [6.45, 7) is 4.35. The lowest BCUT2D eigenvalue weighted by molar-refractivity contribution is -0.118. The van der Waals surface area contributed by atoms with E-state index in [1.54, 1.807) is 37.3 Å². The summed E-state index contributed by atoms with van der Waals surface area (Å²) in [5.41, 5.74) is 1.58. The van der Waals surface area contributed by atoms with Crippen LogP contribution in [0.2, 0.25) is 0 Å². The maximum Gasteiger partial charge on any atom is 0.339 e. The van der Waals surface area contributed by atoms with E-state index in [0.717, 1.165) is 0 Å². The summed E-state index contributed by atoms with van der Waals surface area (Å²) in [4.78, 5) is 36.3. The number of ketones is 2. The first-order valence-electron chi connectivity index (χ1n) is 9.50. The van der Waals surface area contributed by atoms with Gasteiger partial charge in [0.25, 0.3) is 0 Å². The van der Waals surface area contributed by atoms with Crippen molar-refractivity contribution in [2.24, 2.45) is 0 Å². The van der Waals surface area contributed by atoms with Crippen molar-refractivity contribution in [1.29, 1.82) is 0 Å². The normalized spacial score (nSPS) is 16.2. The maximum atomic E-state index is 12.4. The van der Waals surface area contributed by atoms with E-state index < -0.39 is 34.4 Å². The Kier molecular flexibility index (Phi) is 6.38. The molecule has 1 aliphatic carbocycles. The zero-order chi connectivity index (χ0) is 23.7. The van der Waals surface area contributed by atoms with Crippen molar-refractivity contribution in [3.05, 3.63) is 87.5 Å². The van der Waals surface area contributed by atoms with Crippen LogP contribution in [0.1, 0.15) is 40.9 Å². The Morgan fingerprint density at radius 2 is 1.66 bits per heavy atom. The van der Waals surface area contributed by atoms with Crippen molar-refractivity contribution in [3.8, 4) is 5.75 Å². The van der Waals surface area contributed by atoms with Crippen LogP contribution in [0, 0.1) is 6.92 Å². The van der Waals surface area contributed by atoms with E-state index in [-0.39, 0.29) is 21.6 Å². The van der Waals surface area contributed by atoms with Crippen LogP contribution in [0.4, 0.5) is 0 Å². The summed E-state index contributed by atoms with van der Waals surface area (Å²) in [6, 6.07) is 9.08. The van der Waals surface area contributed by atoms with Gasteiger partial charge in [-0.05, 0) is 79.0 Å². The van der Waals surface area contributed by atoms with Crippen molar-refractivity contribution in [3.63, 3.8) is 0 Å². The molecule has 32 heavy (non-hydrogen) atoms. The van der Waals surface area contributed by atoms with E-state index in [2.05, 4.69) is 0 Å². The highest BCUT2D eigenvalue weighted by Crippen LogP contribution is 2.37. The van der Waals surface area contributed by atoms with Gasteiger partial charge in [-0.2, -0.15) is 0 Å². The zero-order valence-corrected chi connectivity index (χ0v) is 18.3. The quantitative estimate of drug-likeness (QED) is 0.464. The molecule has 0 saturated carbocycles. The van der Waals surface area contributed by atoms with Crippen LogP contribution in [-0.4, -0.2) is 36.5 Å². The largest absolute Gasteiger partial charge is 0.507 e. The molecule has 0 heterocycles. The highest BCUT2D eigenvalue weighted by molar-refractivity contribution is 7.79. The number of aromatic hydroxyl groups is 1. The molecule has 0 bridgehead atoms. The summed E-state index contributed by atoms with van der Waals surface area (Å²) < 4.78 is 21.9. The van der Waals surface area contributed by atoms with Crippen molar-refractivity contribution >= 4 is 34.2 Å². The Morgan fingerprint density at radius 1 is 1.00 bits per heavy atom. The predicted molar refractivity (Wildman–Crippen MR) is 119 cm³/mol. The third kappa shape index (κ3) is 4.23. The number of allylic oxidation sites excluding steroid dienone is 5. The SMILES string of the molecule is CC(=O)C1=CC(=C(c2cc(C)c(O)c(C(=O)O)c2)c2ccccc2S(=O)O)C=C(C)C1=O. The van der Waals surface area contributed by atoms with Crippen molar-refractivity contribution < 1.29 is 33.4 Å². The summed E-state index contributed by atoms with van der Waals surface area (Å²) in [7, 11) is 0. The highest BCUT2D eigenvalue weighted by Gasteiger charge is 2.25. The number of carbonyl (C=O) groups excluding carboxylic acids is 2. The van der Waals surface area contributed by atoms with Crippen LogP contribution >= 0.6 is 0 Å². The minimum atomic E-state index is -2.37. The molecule has 0 spiro atoms. The standard InChI is InChI=1S/C24H20O7S/c1-12-8-15(10-18(14(3)25)22(12)26)21(17-6-4-5-7-20(17)32(30)31)16-9-13(2)23(27)19(11-16)24(28)29/h4-11,27H,1-3H3,(H,28,29)(H,30,31). The molecule has 1 unspecified atom stereocenters. The van der Waals surface area contributed by atoms with Gasteiger partial charge in [0.05, 0.1) is 10.5 Å². The number of carboxylic acids is 1. The van der Waals surface area contributed by atoms with E-state index in [1.165, 1.54) is 32.1 Å². The molecule has 3 rings (SSSR count).